The number of rotatable bonds is 3. The van der Waals surface area contributed by atoms with Crippen molar-refractivity contribution in [3.8, 4) is 6.07 Å². The van der Waals surface area contributed by atoms with Gasteiger partial charge in [0, 0.05) is 24.1 Å². The molecule has 5 heteroatoms. The number of nitrogens with zero attached hydrogens (tertiary/aromatic N) is 3. The van der Waals surface area contributed by atoms with Gasteiger partial charge in [-0.3, -0.25) is 9.36 Å². The fraction of sp³-hybridized carbons (Fsp3) is 0.357. The number of aromatic nitrogens is 2. The molecular formula is C14H14N4O. The third kappa shape index (κ3) is 2.06. The maximum Gasteiger partial charge on any atom is 0.261 e. The van der Waals surface area contributed by atoms with Crippen LogP contribution in [0.1, 0.15) is 19.3 Å². The fourth-order valence-corrected chi connectivity index (χ4v) is 2.39. The van der Waals surface area contributed by atoms with Crippen molar-refractivity contribution in [3.05, 3.63) is 34.9 Å². The fourth-order valence-electron chi connectivity index (χ4n) is 2.39. The number of nitriles is 1. The molecule has 1 heterocycles. The zero-order valence-corrected chi connectivity index (χ0v) is 10.5. The lowest BCUT2D eigenvalue weighted by atomic mass is 10.0. The van der Waals surface area contributed by atoms with Gasteiger partial charge >= 0.3 is 0 Å². The van der Waals surface area contributed by atoms with Crippen molar-refractivity contribution >= 4 is 16.6 Å². The van der Waals surface area contributed by atoms with Crippen molar-refractivity contribution in [2.45, 2.75) is 25.8 Å². The van der Waals surface area contributed by atoms with E-state index in [1.54, 1.807) is 29.1 Å². The van der Waals surface area contributed by atoms with Gasteiger partial charge in [-0.1, -0.05) is 0 Å². The van der Waals surface area contributed by atoms with Gasteiger partial charge < -0.3 is 5.73 Å². The zero-order valence-electron chi connectivity index (χ0n) is 10.5. The van der Waals surface area contributed by atoms with Crippen LogP contribution in [0.5, 0.6) is 0 Å². The molecule has 1 fully saturated rings. The van der Waals surface area contributed by atoms with Crippen molar-refractivity contribution in [3.63, 3.8) is 0 Å². The highest BCUT2D eigenvalue weighted by Gasteiger charge is 2.42. The molecule has 1 aliphatic carbocycles. The van der Waals surface area contributed by atoms with Crippen LogP contribution in [-0.4, -0.2) is 9.55 Å². The molecule has 0 atom stereocenters. The summed E-state index contributed by atoms with van der Waals surface area (Å²) in [4.78, 5) is 16.7. The molecule has 1 saturated carbocycles. The molecule has 0 bridgehead atoms. The molecular weight excluding hydrogens is 240 g/mol. The molecule has 0 aliphatic heterocycles. The first kappa shape index (κ1) is 11.7. The van der Waals surface area contributed by atoms with E-state index in [1.807, 2.05) is 0 Å². The number of anilines is 1. The normalized spacial score (nSPS) is 16.2. The summed E-state index contributed by atoms with van der Waals surface area (Å²) in [7, 11) is 0. The molecule has 0 unspecified atom stereocenters. The van der Waals surface area contributed by atoms with Crippen LogP contribution in [0.2, 0.25) is 0 Å². The molecule has 2 aromatic rings. The third-order valence-electron chi connectivity index (χ3n) is 3.77. The van der Waals surface area contributed by atoms with Crippen LogP contribution >= 0.6 is 0 Å². The Hall–Kier alpha value is -2.35. The van der Waals surface area contributed by atoms with Gasteiger partial charge in [0.1, 0.15) is 0 Å². The quantitative estimate of drug-likeness (QED) is 0.844. The van der Waals surface area contributed by atoms with Gasteiger partial charge in [0.2, 0.25) is 0 Å². The average molecular weight is 254 g/mol. The minimum absolute atomic E-state index is 0.0196. The van der Waals surface area contributed by atoms with Crippen molar-refractivity contribution in [2.75, 3.05) is 5.73 Å². The highest BCUT2D eigenvalue weighted by atomic mass is 16.1. The van der Waals surface area contributed by atoms with Gasteiger partial charge in [0.05, 0.1) is 23.3 Å². The van der Waals surface area contributed by atoms with Crippen molar-refractivity contribution in [1.82, 2.24) is 9.55 Å². The largest absolute Gasteiger partial charge is 0.399 e. The van der Waals surface area contributed by atoms with E-state index in [1.165, 1.54) is 0 Å². The number of hydrogen-bond donors (Lipinski definition) is 1. The van der Waals surface area contributed by atoms with Crippen LogP contribution in [0.15, 0.2) is 29.3 Å². The summed E-state index contributed by atoms with van der Waals surface area (Å²) < 4.78 is 1.60. The molecule has 1 aromatic carbocycles. The van der Waals surface area contributed by atoms with E-state index in [0.29, 0.717) is 29.6 Å². The summed E-state index contributed by atoms with van der Waals surface area (Å²) in [5.41, 5.74) is 6.82. The summed E-state index contributed by atoms with van der Waals surface area (Å²) in [6.45, 7) is 0.567. The maximum absolute atomic E-state index is 12.4. The van der Waals surface area contributed by atoms with E-state index in [4.69, 9.17) is 11.0 Å². The summed E-state index contributed by atoms with van der Waals surface area (Å²) in [5, 5.41) is 9.37. The van der Waals surface area contributed by atoms with Gasteiger partial charge in [-0.15, -0.1) is 0 Å². The molecule has 3 rings (SSSR count). The van der Waals surface area contributed by atoms with E-state index < -0.39 is 0 Å². The first-order valence-corrected chi connectivity index (χ1v) is 6.25. The van der Waals surface area contributed by atoms with Gasteiger partial charge in [0.25, 0.3) is 5.56 Å². The summed E-state index contributed by atoms with van der Waals surface area (Å²) >= 11 is 0. The molecule has 0 radical (unpaired) electrons. The third-order valence-corrected chi connectivity index (χ3v) is 3.77. The van der Waals surface area contributed by atoms with Crippen LogP contribution in [0.4, 0.5) is 5.69 Å². The monoisotopic (exact) mass is 254 g/mol. The Labute approximate surface area is 110 Å². The van der Waals surface area contributed by atoms with E-state index in [0.717, 1.165) is 12.8 Å². The molecule has 0 spiro atoms. The van der Waals surface area contributed by atoms with Crippen LogP contribution < -0.4 is 11.3 Å². The number of fused-ring (bicyclic) bond motifs is 1. The lowest BCUT2D eigenvalue weighted by molar-refractivity contribution is 0.422. The summed E-state index contributed by atoms with van der Waals surface area (Å²) in [5.74, 6) is 0. The number of nitrogen functional groups attached to an aromatic ring is 1. The predicted molar refractivity (Wildman–Crippen MR) is 72.3 cm³/mol. The summed E-state index contributed by atoms with van der Waals surface area (Å²) in [6, 6.07) is 7.34. The van der Waals surface area contributed by atoms with E-state index in [9.17, 15) is 4.79 Å². The molecule has 2 N–H and O–H groups in total. The Morgan fingerprint density at radius 2 is 2.26 bits per heavy atom. The molecule has 5 nitrogen and oxygen atoms in total. The second-order valence-electron chi connectivity index (χ2n) is 5.29. The topological polar surface area (TPSA) is 84.7 Å². The number of hydrogen-bond acceptors (Lipinski definition) is 4. The Balaban J connectivity index is 2.04. The minimum Gasteiger partial charge on any atom is -0.399 e. The van der Waals surface area contributed by atoms with Crippen LogP contribution in [0, 0.1) is 16.7 Å². The summed E-state index contributed by atoms with van der Waals surface area (Å²) in [6.07, 6.45) is 4.07. The smallest absolute Gasteiger partial charge is 0.261 e. The van der Waals surface area contributed by atoms with Crippen LogP contribution in [0.25, 0.3) is 10.9 Å². The van der Waals surface area contributed by atoms with Gasteiger partial charge in [-0.05, 0) is 31.0 Å². The molecule has 96 valence electrons. The Bertz CT molecular complexity index is 737. The Kier molecular flexibility index (Phi) is 2.53. The van der Waals surface area contributed by atoms with Crippen LogP contribution in [0.3, 0.4) is 0 Å². The average Bonchev–Trinajstić information content (AvgIpc) is 3.14. The van der Waals surface area contributed by atoms with Crippen LogP contribution in [-0.2, 0) is 6.54 Å². The maximum atomic E-state index is 12.4. The van der Waals surface area contributed by atoms with E-state index in [-0.39, 0.29) is 11.0 Å². The molecule has 19 heavy (non-hydrogen) atoms. The first-order chi connectivity index (χ1) is 9.13. The standard InChI is InChI=1S/C14H14N4O/c15-6-5-14(3-4-14)8-18-9-17-12-2-1-10(16)7-11(12)13(18)19/h1-2,7,9H,3-5,8,16H2. The predicted octanol–water partition coefficient (Wildman–Crippen LogP) is 1.67. The van der Waals surface area contributed by atoms with Crippen molar-refractivity contribution in [2.24, 2.45) is 5.41 Å². The lowest BCUT2D eigenvalue weighted by Crippen LogP contribution is -2.25. The number of benzene rings is 1. The minimum atomic E-state index is -0.0819. The first-order valence-electron chi connectivity index (χ1n) is 6.25. The van der Waals surface area contributed by atoms with Crippen molar-refractivity contribution < 1.29 is 0 Å². The number of nitrogens with two attached hydrogens (primary N) is 1. The van der Waals surface area contributed by atoms with E-state index in [2.05, 4.69) is 11.1 Å². The van der Waals surface area contributed by atoms with Gasteiger partial charge in [-0.2, -0.15) is 5.26 Å². The van der Waals surface area contributed by atoms with Gasteiger partial charge in [-0.25, -0.2) is 4.98 Å². The molecule has 1 aliphatic rings. The second kappa shape index (κ2) is 4.09. The second-order valence-corrected chi connectivity index (χ2v) is 5.29. The highest BCUT2D eigenvalue weighted by molar-refractivity contribution is 5.80. The van der Waals surface area contributed by atoms with Gasteiger partial charge in [0.15, 0.2) is 0 Å². The van der Waals surface area contributed by atoms with Crippen molar-refractivity contribution in [1.29, 1.82) is 5.26 Å². The molecule has 1 aromatic heterocycles. The molecule has 0 amide bonds. The Morgan fingerprint density at radius 1 is 1.47 bits per heavy atom. The zero-order chi connectivity index (χ0) is 13.5. The Morgan fingerprint density at radius 3 is 2.95 bits per heavy atom. The lowest BCUT2D eigenvalue weighted by Gasteiger charge is -2.13. The van der Waals surface area contributed by atoms with E-state index >= 15 is 0 Å². The molecule has 0 saturated heterocycles. The SMILES string of the molecule is N#CCC1(Cn2cnc3ccc(N)cc3c2=O)CC1. The highest BCUT2D eigenvalue weighted by Crippen LogP contribution is 2.49.